The number of benzene rings is 2. The van der Waals surface area contributed by atoms with Crippen LogP contribution < -0.4 is 10.1 Å². The highest BCUT2D eigenvalue weighted by Gasteiger charge is 2.24. The molecule has 0 unspecified atom stereocenters. The van der Waals surface area contributed by atoms with Crippen LogP contribution in [0.15, 0.2) is 54.6 Å². The Balaban J connectivity index is 1.70. The van der Waals surface area contributed by atoms with Crippen molar-refractivity contribution in [1.82, 2.24) is 20.2 Å². The topological polar surface area (TPSA) is 64.9 Å². The van der Waals surface area contributed by atoms with Gasteiger partial charge in [0.15, 0.2) is 0 Å². The van der Waals surface area contributed by atoms with E-state index in [-0.39, 0.29) is 11.8 Å². The van der Waals surface area contributed by atoms with Gasteiger partial charge in [-0.1, -0.05) is 41.0 Å². The maximum absolute atomic E-state index is 12.3. The number of aromatic nitrogens is 4. The van der Waals surface area contributed by atoms with Gasteiger partial charge in [-0.05, 0) is 51.9 Å². The molecule has 1 aromatic heterocycles. The van der Waals surface area contributed by atoms with Crippen LogP contribution >= 0.6 is 11.6 Å². The molecule has 0 spiro atoms. The molecule has 2 heterocycles. The summed E-state index contributed by atoms with van der Waals surface area (Å²) in [6.45, 7) is -2.86. The van der Waals surface area contributed by atoms with Crippen molar-refractivity contribution in [3.05, 3.63) is 70.8 Å². The minimum Gasteiger partial charge on any atom is -0.435 e. The number of rotatable bonds is 4. The molecule has 1 N–H and O–H groups in total. The summed E-state index contributed by atoms with van der Waals surface area (Å²) in [6.07, 6.45) is 1.95. The SMILES string of the molecule is FC(F)Oc1ccc([C@H]2C=C(c3ccc(Cl)cc3)Nc3nnnn32)cc1. The highest BCUT2D eigenvalue weighted by Crippen LogP contribution is 2.32. The number of anilines is 1. The van der Waals surface area contributed by atoms with E-state index in [0.717, 1.165) is 16.8 Å². The Morgan fingerprint density at radius 3 is 2.50 bits per heavy atom. The van der Waals surface area contributed by atoms with Crippen molar-refractivity contribution < 1.29 is 13.5 Å². The van der Waals surface area contributed by atoms with E-state index in [4.69, 9.17) is 11.6 Å². The van der Waals surface area contributed by atoms with Gasteiger partial charge in [0, 0.05) is 10.7 Å². The number of hydrogen-bond acceptors (Lipinski definition) is 5. The number of fused-ring (bicyclic) bond motifs is 1. The van der Waals surface area contributed by atoms with Crippen molar-refractivity contribution in [1.29, 1.82) is 0 Å². The maximum atomic E-state index is 12.3. The van der Waals surface area contributed by atoms with Gasteiger partial charge in [-0.25, -0.2) is 0 Å². The summed E-state index contributed by atoms with van der Waals surface area (Å²) in [7, 11) is 0. The second-order valence-electron chi connectivity index (χ2n) is 5.55. The molecule has 0 aliphatic carbocycles. The minimum absolute atomic E-state index is 0.0940. The molecular weight excluding hydrogens is 364 g/mol. The van der Waals surface area contributed by atoms with Gasteiger partial charge >= 0.3 is 6.61 Å². The van der Waals surface area contributed by atoms with E-state index < -0.39 is 6.61 Å². The molecule has 0 bridgehead atoms. The van der Waals surface area contributed by atoms with Gasteiger partial charge in [-0.2, -0.15) is 13.5 Å². The number of nitrogens with zero attached hydrogens (tertiary/aromatic N) is 4. The largest absolute Gasteiger partial charge is 0.435 e. The standard InChI is InChI=1S/C17H12ClF2N5O/c18-12-5-1-10(2-6-12)14-9-15(25-17(21-14)22-23-24-25)11-3-7-13(8-4-11)26-16(19)20/h1-9,15-16H,(H,21,22,24)/t15-/m1/s1. The summed E-state index contributed by atoms with van der Waals surface area (Å²) < 4.78 is 30.6. The molecule has 0 saturated carbocycles. The third-order valence-electron chi connectivity index (χ3n) is 3.93. The van der Waals surface area contributed by atoms with Gasteiger partial charge in [0.05, 0.1) is 0 Å². The molecule has 3 aromatic rings. The lowest BCUT2D eigenvalue weighted by Crippen LogP contribution is -2.20. The molecule has 1 aliphatic rings. The Morgan fingerprint density at radius 1 is 1.08 bits per heavy atom. The van der Waals surface area contributed by atoms with Crippen molar-refractivity contribution in [2.75, 3.05) is 5.32 Å². The fraction of sp³-hybridized carbons (Fsp3) is 0.118. The summed E-state index contributed by atoms with van der Waals surface area (Å²) in [5.41, 5.74) is 2.57. The second-order valence-corrected chi connectivity index (χ2v) is 5.99. The normalized spacial score (nSPS) is 16.0. The maximum Gasteiger partial charge on any atom is 0.387 e. The summed E-state index contributed by atoms with van der Waals surface area (Å²) in [6, 6.07) is 13.4. The molecule has 1 atom stereocenters. The zero-order valence-corrected chi connectivity index (χ0v) is 13.9. The number of alkyl halides is 2. The van der Waals surface area contributed by atoms with E-state index >= 15 is 0 Å². The highest BCUT2D eigenvalue weighted by molar-refractivity contribution is 6.30. The number of allylic oxidation sites excluding steroid dienone is 1. The quantitative estimate of drug-likeness (QED) is 0.747. The van der Waals surface area contributed by atoms with Gasteiger partial charge in [0.25, 0.3) is 0 Å². The molecule has 2 aromatic carbocycles. The van der Waals surface area contributed by atoms with Crippen molar-refractivity contribution in [2.45, 2.75) is 12.7 Å². The lowest BCUT2D eigenvalue weighted by molar-refractivity contribution is -0.0498. The zero-order valence-electron chi connectivity index (χ0n) is 13.2. The van der Waals surface area contributed by atoms with E-state index in [9.17, 15) is 8.78 Å². The lowest BCUT2D eigenvalue weighted by Gasteiger charge is -2.23. The van der Waals surface area contributed by atoms with Gasteiger partial charge in [-0.15, -0.1) is 0 Å². The number of ether oxygens (including phenoxy) is 1. The molecule has 6 nitrogen and oxygen atoms in total. The highest BCUT2D eigenvalue weighted by atomic mass is 35.5. The molecular formula is C17H12ClF2N5O. The number of hydrogen-bond donors (Lipinski definition) is 1. The summed E-state index contributed by atoms with van der Waals surface area (Å²) in [5.74, 6) is 0.576. The third kappa shape index (κ3) is 3.23. The Labute approximate surface area is 152 Å². The molecule has 0 saturated heterocycles. The molecule has 132 valence electrons. The Hall–Kier alpha value is -3.00. The monoisotopic (exact) mass is 375 g/mol. The van der Waals surface area contributed by atoms with Crippen LogP contribution in [0, 0.1) is 0 Å². The molecule has 0 radical (unpaired) electrons. The van der Waals surface area contributed by atoms with Crippen molar-refractivity contribution in [2.24, 2.45) is 0 Å². The van der Waals surface area contributed by atoms with E-state index in [2.05, 4.69) is 25.6 Å². The van der Waals surface area contributed by atoms with Gasteiger partial charge in [-0.3, -0.25) is 0 Å². The molecule has 0 amide bonds. The fourth-order valence-electron chi connectivity index (χ4n) is 2.74. The predicted octanol–water partition coefficient (Wildman–Crippen LogP) is 3.98. The molecule has 4 rings (SSSR count). The summed E-state index contributed by atoms with van der Waals surface area (Å²) >= 11 is 5.95. The van der Waals surface area contributed by atoms with Crippen LogP contribution in [-0.4, -0.2) is 26.8 Å². The van der Waals surface area contributed by atoms with Crippen LogP contribution in [0.2, 0.25) is 5.02 Å². The van der Waals surface area contributed by atoms with Gasteiger partial charge in [0.1, 0.15) is 11.8 Å². The fourth-order valence-corrected chi connectivity index (χ4v) is 2.86. The summed E-state index contributed by atoms with van der Waals surface area (Å²) in [5, 5.41) is 15.5. The van der Waals surface area contributed by atoms with Crippen LogP contribution in [0.3, 0.4) is 0 Å². The molecule has 1 aliphatic heterocycles. The van der Waals surface area contributed by atoms with E-state index in [1.54, 1.807) is 28.9 Å². The number of halogens is 3. The lowest BCUT2D eigenvalue weighted by atomic mass is 10.0. The van der Waals surface area contributed by atoms with Crippen LogP contribution in [0.25, 0.3) is 5.70 Å². The molecule has 9 heteroatoms. The molecule has 26 heavy (non-hydrogen) atoms. The average Bonchev–Trinajstić information content (AvgIpc) is 3.10. The Kier molecular flexibility index (Phi) is 4.26. The van der Waals surface area contributed by atoms with Crippen LogP contribution in [-0.2, 0) is 0 Å². The van der Waals surface area contributed by atoms with Gasteiger partial charge in [0.2, 0.25) is 5.95 Å². The van der Waals surface area contributed by atoms with Crippen molar-refractivity contribution >= 4 is 23.2 Å². The number of nitrogens with one attached hydrogen (secondary N) is 1. The van der Waals surface area contributed by atoms with E-state index in [0.29, 0.717) is 11.0 Å². The van der Waals surface area contributed by atoms with Crippen molar-refractivity contribution in [3.63, 3.8) is 0 Å². The zero-order chi connectivity index (χ0) is 18.1. The number of tetrazole rings is 1. The first-order valence-electron chi connectivity index (χ1n) is 7.67. The van der Waals surface area contributed by atoms with Crippen molar-refractivity contribution in [3.8, 4) is 5.75 Å². The second kappa shape index (κ2) is 6.72. The Morgan fingerprint density at radius 2 is 1.81 bits per heavy atom. The van der Waals surface area contributed by atoms with Crippen LogP contribution in [0.4, 0.5) is 14.7 Å². The van der Waals surface area contributed by atoms with E-state index in [1.807, 2.05) is 18.2 Å². The van der Waals surface area contributed by atoms with Crippen LogP contribution in [0.1, 0.15) is 17.2 Å². The average molecular weight is 376 g/mol. The first-order chi connectivity index (χ1) is 12.6. The smallest absolute Gasteiger partial charge is 0.387 e. The summed E-state index contributed by atoms with van der Waals surface area (Å²) in [4.78, 5) is 0. The van der Waals surface area contributed by atoms with Crippen LogP contribution in [0.5, 0.6) is 5.75 Å². The molecule has 0 fully saturated rings. The Bertz CT molecular complexity index is 941. The predicted molar refractivity (Wildman–Crippen MR) is 92.1 cm³/mol. The first kappa shape index (κ1) is 16.5. The van der Waals surface area contributed by atoms with Gasteiger partial charge < -0.3 is 10.1 Å². The van der Waals surface area contributed by atoms with E-state index in [1.165, 1.54) is 12.1 Å². The minimum atomic E-state index is -2.86. The first-order valence-corrected chi connectivity index (χ1v) is 8.05. The third-order valence-corrected chi connectivity index (χ3v) is 4.18.